The summed E-state index contributed by atoms with van der Waals surface area (Å²) in [5.74, 6) is 1.65. The molecule has 0 spiro atoms. The molecule has 3 nitrogen and oxygen atoms in total. The zero-order chi connectivity index (χ0) is 10.1. The van der Waals surface area contributed by atoms with Crippen LogP contribution in [0.1, 0.15) is 39.2 Å². The highest BCUT2D eigenvalue weighted by Crippen LogP contribution is 2.35. The van der Waals surface area contributed by atoms with E-state index in [1.165, 1.54) is 19.3 Å². The van der Waals surface area contributed by atoms with Crippen LogP contribution in [0, 0.1) is 16.6 Å². The van der Waals surface area contributed by atoms with E-state index in [-0.39, 0.29) is 0 Å². The minimum atomic E-state index is 0.562. The zero-order valence-corrected chi connectivity index (χ0v) is 9.55. The van der Waals surface area contributed by atoms with Crippen molar-refractivity contribution >= 4 is 12.2 Å². The first-order valence-electron chi connectivity index (χ1n) is 5.30. The summed E-state index contributed by atoms with van der Waals surface area (Å²) in [5.41, 5.74) is 0. The predicted molar refractivity (Wildman–Crippen MR) is 58.6 cm³/mol. The van der Waals surface area contributed by atoms with Crippen LogP contribution in [0.5, 0.6) is 0 Å². The van der Waals surface area contributed by atoms with Crippen molar-refractivity contribution in [3.05, 3.63) is 11.1 Å². The molecule has 0 amide bonds. The SMILES string of the molecule is CC1CCC(n2cn[nH]c2=S)CC1C. The van der Waals surface area contributed by atoms with Gasteiger partial charge in [-0.25, -0.2) is 0 Å². The van der Waals surface area contributed by atoms with Gasteiger partial charge >= 0.3 is 0 Å². The zero-order valence-electron chi connectivity index (χ0n) is 8.73. The van der Waals surface area contributed by atoms with Crippen molar-refractivity contribution in [3.8, 4) is 0 Å². The van der Waals surface area contributed by atoms with E-state index in [1.807, 2.05) is 6.33 Å². The Bertz CT molecular complexity index is 354. The lowest BCUT2D eigenvalue weighted by atomic mass is 9.79. The van der Waals surface area contributed by atoms with Gasteiger partial charge in [-0.1, -0.05) is 13.8 Å². The summed E-state index contributed by atoms with van der Waals surface area (Å²) in [5, 5.41) is 6.79. The average Bonchev–Trinajstić information content (AvgIpc) is 2.57. The van der Waals surface area contributed by atoms with Crippen LogP contribution in [0.2, 0.25) is 0 Å². The summed E-state index contributed by atoms with van der Waals surface area (Å²) in [7, 11) is 0. The molecule has 3 unspecified atom stereocenters. The highest BCUT2D eigenvalue weighted by atomic mass is 32.1. The molecular weight excluding hydrogens is 194 g/mol. The summed E-state index contributed by atoms with van der Waals surface area (Å²) in [4.78, 5) is 0. The molecule has 0 aliphatic heterocycles. The fourth-order valence-corrected chi connectivity index (χ4v) is 2.54. The minimum absolute atomic E-state index is 0.562. The lowest BCUT2D eigenvalue weighted by Crippen LogP contribution is -2.23. The van der Waals surface area contributed by atoms with Crippen molar-refractivity contribution in [1.82, 2.24) is 14.8 Å². The summed E-state index contributed by atoms with van der Waals surface area (Å²) in [6.07, 6.45) is 5.60. The number of aromatic nitrogens is 3. The number of H-pyrrole nitrogens is 1. The van der Waals surface area contributed by atoms with Crippen molar-refractivity contribution in [1.29, 1.82) is 0 Å². The van der Waals surface area contributed by atoms with Gasteiger partial charge in [-0.3, -0.25) is 5.10 Å². The standard InChI is InChI=1S/C10H17N3S/c1-7-3-4-9(5-8(7)2)13-6-11-12-10(13)14/h6-9H,3-5H2,1-2H3,(H,12,14). The van der Waals surface area contributed by atoms with Gasteiger partial charge in [-0.15, -0.1) is 0 Å². The molecule has 0 radical (unpaired) electrons. The highest BCUT2D eigenvalue weighted by molar-refractivity contribution is 7.71. The van der Waals surface area contributed by atoms with Gasteiger partial charge in [0.15, 0.2) is 4.77 Å². The van der Waals surface area contributed by atoms with Crippen LogP contribution < -0.4 is 0 Å². The van der Waals surface area contributed by atoms with Crippen LogP contribution in [0.3, 0.4) is 0 Å². The Morgan fingerprint density at radius 3 is 2.79 bits per heavy atom. The molecule has 1 heterocycles. The largest absolute Gasteiger partial charge is 0.304 e. The van der Waals surface area contributed by atoms with E-state index in [1.54, 1.807) is 0 Å². The summed E-state index contributed by atoms with van der Waals surface area (Å²) >= 11 is 5.18. The Morgan fingerprint density at radius 2 is 2.21 bits per heavy atom. The van der Waals surface area contributed by atoms with Crippen LogP contribution >= 0.6 is 12.2 Å². The second kappa shape index (κ2) is 3.85. The summed E-state index contributed by atoms with van der Waals surface area (Å²) in [6.45, 7) is 4.68. The number of hydrogen-bond donors (Lipinski definition) is 1. The van der Waals surface area contributed by atoms with Crippen molar-refractivity contribution in [2.45, 2.75) is 39.2 Å². The van der Waals surface area contributed by atoms with Gasteiger partial charge in [0, 0.05) is 6.04 Å². The van der Waals surface area contributed by atoms with Crippen molar-refractivity contribution in [3.63, 3.8) is 0 Å². The van der Waals surface area contributed by atoms with Crippen LogP contribution in [0.25, 0.3) is 0 Å². The first kappa shape index (κ1) is 9.90. The number of rotatable bonds is 1. The van der Waals surface area contributed by atoms with Crippen LogP contribution in [0.4, 0.5) is 0 Å². The van der Waals surface area contributed by atoms with E-state index in [0.29, 0.717) is 6.04 Å². The van der Waals surface area contributed by atoms with Gasteiger partial charge in [-0.2, -0.15) is 5.10 Å². The smallest absolute Gasteiger partial charge is 0.195 e. The predicted octanol–water partition coefficient (Wildman–Crippen LogP) is 2.94. The van der Waals surface area contributed by atoms with Crippen molar-refractivity contribution < 1.29 is 0 Å². The van der Waals surface area contributed by atoms with Crippen molar-refractivity contribution in [2.24, 2.45) is 11.8 Å². The third-order valence-electron chi connectivity index (χ3n) is 3.54. The molecule has 1 saturated carbocycles. The average molecular weight is 211 g/mol. The molecule has 0 aromatic carbocycles. The Labute approximate surface area is 89.5 Å². The molecule has 2 rings (SSSR count). The fraction of sp³-hybridized carbons (Fsp3) is 0.800. The van der Waals surface area contributed by atoms with Gasteiger partial charge in [0.1, 0.15) is 6.33 Å². The third-order valence-corrected chi connectivity index (χ3v) is 3.84. The quantitative estimate of drug-likeness (QED) is 0.725. The Morgan fingerprint density at radius 1 is 1.43 bits per heavy atom. The Hall–Kier alpha value is -0.640. The number of aromatic amines is 1. The van der Waals surface area contributed by atoms with E-state index in [2.05, 4.69) is 28.6 Å². The normalized spacial score (nSPS) is 33.1. The van der Waals surface area contributed by atoms with Crippen LogP contribution in [0.15, 0.2) is 6.33 Å². The van der Waals surface area contributed by atoms with Crippen molar-refractivity contribution in [2.75, 3.05) is 0 Å². The van der Waals surface area contributed by atoms with Gasteiger partial charge in [0.2, 0.25) is 0 Å². The molecule has 0 saturated heterocycles. The molecule has 1 aromatic rings. The Kier molecular flexibility index (Phi) is 2.72. The maximum absolute atomic E-state index is 5.18. The van der Waals surface area contributed by atoms with Crippen LogP contribution in [-0.2, 0) is 0 Å². The van der Waals surface area contributed by atoms with Gasteiger partial charge < -0.3 is 4.57 Å². The molecule has 3 atom stereocenters. The van der Waals surface area contributed by atoms with E-state index in [0.717, 1.165) is 16.6 Å². The first-order valence-corrected chi connectivity index (χ1v) is 5.71. The minimum Gasteiger partial charge on any atom is -0.304 e. The molecule has 14 heavy (non-hydrogen) atoms. The molecule has 1 aromatic heterocycles. The molecule has 4 heteroatoms. The molecule has 1 aliphatic carbocycles. The summed E-state index contributed by atoms with van der Waals surface area (Å²) in [6, 6.07) is 0.562. The Balaban J connectivity index is 2.14. The van der Waals surface area contributed by atoms with Gasteiger partial charge in [0.25, 0.3) is 0 Å². The second-order valence-electron chi connectivity index (χ2n) is 4.49. The topological polar surface area (TPSA) is 33.6 Å². The molecular formula is C10H17N3S. The lowest BCUT2D eigenvalue weighted by Gasteiger charge is -2.32. The number of hydrogen-bond acceptors (Lipinski definition) is 2. The highest BCUT2D eigenvalue weighted by Gasteiger charge is 2.25. The maximum atomic E-state index is 5.18. The van der Waals surface area contributed by atoms with Crippen LogP contribution in [-0.4, -0.2) is 14.8 Å². The van der Waals surface area contributed by atoms with E-state index in [9.17, 15) is 0 Å². The summed E-state index contributed by atoms with van der Waals surface area (Å²) < 4.78 is 2.87. The third kappa shape index (κ3) is 1.75. The fourth-order valence-electron chi connectivity index (χ4n) is 2.29. The van der Waals surface area contributed by atoms with Gasteiger partial charge in [0.05, 0.1) is 0 Å². The maximum Gasteiger partial charge on any atom is 0.195 e. The number of nitrogens with zero attached hydrogens (tertiary/aromatic N) is 2. The van der Waals surface area contributed by atoms with E-state index in [4.69, 9.17) is 12.2 Å². The second-order valence-corrected chi connectivity index (χ2v) is 4.88. The molecule has 0 bridgehead atoms. The first-order chi connectivity index (χ1) is 6.68. The van der Waals surface area contributed by atoms with E-state index < -0.39 is 0 Å². The van der Waals surface area contributed by atoms with Gasteiger partial charge in [-0.05, 0) is 43.3 Å². The molecule has 78 valence electrons. The van der Waals surface area contributed by atoms with E-state index >= 15 is 0 Å². The monoisotopic (exact) mass is 211 g/mol. The molecule has 1 fully saturated rings. The molecule has 1 aliphatic rings. The molecule has 1 N–H and O–H groups in total. The number of nitrogens with one attached hydrogen (secondary N) is 1. The lowest BCUT2D eigenvalue weighted by molar-refractivity contribution is 0.209.